The second-order valence-corrected chi connectivity index (χ2v) is 9.01. The zero-order valence-corrected chi connectivity index (χ0v) is 14.8. The first-order valence-electron chi connectivity index (χ1n) is 8.14. The lowest BCUT2D eigenvalue weighted by Crippen LogP contribution is -2.25. The van der Waals surface area contributed by atoms with Gasteiger partial charge in [0.25, 0.3) is 0 Å². The molecule has 0 atom stereocenters. The quantitative estimate of drug-likeness (QED) is 0.868. The summed E-state index contributed by atoms with van der Waals surface area (Å²) in [5, 5.41) is 3.64. The summed E-state index contributed by atoms with van der Waals surface area (Å²) in [5.74, 6) is 0.714. The van der Waals surface area contributed by atoms with Crippen molar-refractivity contribution in [2.24, 2.45) is 11.8 Å². The highest BCUT2D eigenvalue weighted by molar-refractivity contribution is 7.91. The van der Waals surface area contributed by atoms with Crippen LogP contribution in [0.15, 0.2) is 0 Å². The van der Waals surface area contributed by atoms with Crippen molar-refractivity contribution in [2.75, 3.05) is 17.2 Å². The van der Waals surface area contributed by atoms with Crippen LogP contribution in [0.5, 0.6) is 0 Å². The van der Waals surface area contributed by atoms with Gasteiger partial charge in [0.05, 0.1) is 17.1 Å². The van der Waals surface area contributed by atoms with Gasteiger partial charge < -0.3 is 5.73 Å². The first-order chi connectivity index (χ1) is 11.0. The van der Waals surface area contributed by atoms with E-state index in [0.717, 1.165) is 25.7 Å². The lowest BCUT2D eigenvalue weighted by atomic mass is 9.83. The van der Waals surface area contributed by atoms with E-state index in [0.29, 0.717) is 12.2 Å². The molecule has 5 nitrogen and oxygen atoms in total. The van der Waals surface area contributed by atoms with Crippen LogP contribution in [-0.2, 0) is 22.6 Å². The molecule has 1 aliphatic rings. The van der Waals surface area contributed by atoms with Crippen molar-refractivity contribution < 1.29 is 21.6 Å². The van der Waals surface area contributed by atoms with Crippen LogP contribution in [0, 0.1) is 18.8 Å². The smallest absolute Gasteiger partial charge is 0.395 e. The number of sulfone groups is 1. The Balaban J connectivity index is 1.98. The minimum atomic E-state index is -4.55. The van der Waals surface area contributed by atoms with E-state index in [4.69, 9.17) is 5.73 Å². The monoisotopic (exact) mass is 367 g/mol. The van der Waals surface area contributed by atoms with Gasteiger partial charge in [0.1, 0.15) is 9.84 Å². The summed E-state index contributed by atoms with van der Waals surface area (Å²) in [5.41, 5.74) is 4.52. The fraction of sp³-hybridized carbons (Fsp3) is 0.800. The van der Waals surface area contributed by atoms with E-state index >= 15 is 0 Å². The van der Waals surface area contributed by atoms with Crippen LogP contribution in [0.1, 0.15) is 44.0 Å². The van der Waals surface area contributed by atoms with Crippen LogP contribution in [-0.4, -0.2) is 29.7 Å². The van der Waals surface area contributed by atoms with E-state index < -0.39 is 21.7 Å². The molecule has 0 saturated heterocycles. The Bertz CT molecular complexity index is 675. The number of rotatable bonds is 5. The first-order valence-corrected chi connectivity index (χ1v) is 9.96. The van der Waals surface area contributed by atoms with Crippen LogP contribution in [0.3, 0.4) is 0 Å². The largest absolute Gasteiger partial charge is 0.437 e. The summed E-state index contributed by atoms with van der Waals surface area (Å²) in [6.45, 7) is 3.57. The van der Waals surface area contributed by atoms with E-state index in [1.165, 1.54) is 11.6 Å². The van der Waals surface area contributed by atoms with Gasteiger partial charge in [-0.15, -0.1) is 0 Å². The van der Waals surface area contributed by atoms with Crippen LogP contribution in [0.2, 0.25) is 0 Å². The molecule has 138 valence electrons. The summed E-state index contributed by atoms with van der Waals surface area (Å²) < 4.78 is 63.3. The average Bonchev–Trinajstić information content (AvgIpc) is 2.77. The fourth-order valence-corrected chi connectivity index (χ4v) is 4.54. The van der Waals surface area contributed by atoms with Crippen molar-refractivity contribution in [1.29, 1.82) is 0 Å². The van der Waals surface area contributed by atoms with Gasteiger partial charge in [0.15, 0.2) is 5.69 Å². The fourth-order valence-electron chi connectivity index (χ4n) is 3.25. The van der Waals surface area contributed by atoms with Crippen molar-refractivity contribution >= 4 is 15.5 Å². The molecule has 1 aromatic rings. The second-order valence-electron chi connectivity index (χ2n) is 6.61. The van der Waals surface area contributed by atoms with Crippen molar-refractivity contribution in [3.8, 4) is 0 Å². The minimum absolute atomic E-state index is 0.152. The third-order valence-electron chi connectivity index (χ3n) is 4.85. The Kier molecular flexibility index (Phi) is 5.51. The van der Waals surface area contributed by atoms with Crippen LogP contribution in [0.25, 0.3) is 0 Å². The SMILES string of the molecule is CCS(=O)(=O)CC1CCC(Cn2nc(C(F)(F)F)c(N)c2C)CC1. The Morgan fingerprint density at radius 3 is 2.21 bits per heavy atom. The Morgan fingerprint density at radius 2 is 1.75 bits per heavy atom. The number of nitrogen functional groups attached to an aromatic ring is 1. The highest BCUT2D eigenvalue weighted by atomic mass is 32.2. The van der Waals surface area contributed by atoms with Gasteiger partial charge in [0, 0.05) is 12.3 Å². The topological polar surface area (TPSA) is 78.0 Å². The molecule has 0 radical (unpaired) electrons. The highest BCUT2D eigenvalue weighted by Gasteiger charge is 2.38. The number of anilines is 1. The number of alkyl halides is 3. The summed E-state index contributed by atoms with van der Waals surface area (Å²) in [4.78, 5) is 0. The molecular weight excluding hydrogens is 343 g/mol. The van der Waals surface area contributed by atoms with E-state index in [-0.39, 0.29) is 29.0 Å². The third kappa shape index (κ3) is 4.43. The number of hydrogen-bond donors (Lipinski definition) is 1. The molecule has 2 N–H and O–H groups in total. The van der Waals surface area contributed by atoms with Gasteiger partial charge >= 0.3 is 6.18 Å². The van der Waals surface area contributed by atoms with Gasteiger partial charge in [-0.25, -0.2) is 8.42 Å². The molecule has 1 aliphatic carbocycles. The van der Waals surface area contributed by atoms with Gasteiger partial charge in [-0.1, -0.05) is 6.92 Å². The van der Waals surface area contributed by atoms with Gasteiger partial charge in [0.2, 0.25) is 0 Å². The first kappa shape index (κ1) is 19.1. The molecule has 1 saturated carbocycles. The minimum Gasteiger partial charge on any atom is -0.395 e. The molecule has 0 bridgehead atoms. The summed E-state index contributed by atoms with van der Waals surface area (Å²) in [6, 6.07) is 0. The Hall–Kier alpha value is -1.25. The predicted octanol–water partition coefficient (Wildman–Crippen LogP) is 3.03. The zero-order valence-electron chi connectivity index (χ0n) is 13.9. The number of hydrogen-bond acceptors (Lipinski definition) is 4. The standard InChI is InChI=1S/C15H24F3N3O2S/c1-3-24(22,23)9-12-6-4-11(5-7-12)8-21-10(2)13(19)14(20-21)15(16,17)18/h11-12H,3-9,19H2,1-2H3. The Labute approximate surface area is 140 Å². The van der Waals surface area contributed by atoms with Crippen LogP contribution < -0.4 is 5.73 Å². The zero-order chi connectivity index (χ0) is 18.1. The molecule has 0 unspecified atom stereocenters. The molecule has 24 heavy (non-hydrogen) atoms. The number of nitrogens with two attached hydrogens (primary N) is 1. The number of halogens is 3. The molecule has 0 amide bonds. The van der Waals surface area contributed by atoms with E-state index in [9.17, 15) is 21.6 Å². The van der Waals surface area contributed by atoms with Crippen LogP contribution in [0.4, 0.5) is 18.9 Å². The normalized spacial score (nSPS) is 22.7. The van der Waals surface area contributed by atoms with Crippen molar-refractivity contribution in [1.82, 2.24) is 9.78 Å². The number of aromatic nitrogens is 2. The van der Waals surface area contributed by atoms with Gasteiger partial charge in [-0.3, -0.25) is 4.68 Å². The van der Waals surface area contributed by atoms with E-state index in [1.807, 2.05) is 0 Å². The van der Waals surface area contributed by atoms with Gasteiger partial charge in [-0.05, 0) is 44.4 Å². The average molecular weight is 367 g/mol. The molecule has 1 heterocycles. The van der Waals surface area contributed by atoms with Crippen LogP contribution >= 0.6 is 0 Å². The maximum Gasteiger partial charge on any atom is 0.437 e. The highest BCUT2D eigenvalue weighted by Crippen LogP contribution is 2.35. The van der Waals surface area contributed by atoms with Crippen molar-refractivity contribution in [2.45, 2.75) is 52.3 Å². The summed E-state index contributed by atoms with van der Waals surface area (Å²) >= 11 is 0. The van der Waals surface area contributed by atoms with Gasteiger partial charge in [-0.2, -0.15) is 18.3 Å². The maximum atomic E-state index is 12.9. The molecule has 0 spiro atoms. The molecule has 9 heteroatoms. The summed E-state index contributed by atoms with van der Waals surface area (Å²) in [6.07, 6.45) is -1.39. The third-order valence-corrected chi connectivity index (χ3v) is 6.71. The Morgan fingerprint density at radius 1 is 1.21 bits per heavy atom. The predicted molar refractivity (Wildman–Crippen MR) is 86.2 cm³/mol. The molecule has 1 aromatic heterocycles. The van der Waals surface area contributed by atoms with E-state index in [1.54, 1.807) is 6.92 Å². The van der Waals surface area contributed by atoms with Crippen molar-refractivity contribution in [3.63, 3.8) is 0 Å². The van der Waals surface area contributed by atoms with E-state index in [2.05, 4.69) is 5.10 Å². The van der Waals surface area contributed by atoms with Crippen molar-refractivity contribution in [3.05, 3.63) is 11.4 Å². The lowest BCUT2D eigenvalue weighted by Gasteiger charge is -2.28. The molecule has 2 rings (SSSR count). The maximum absolute atomic E-state index is 12.9. The summed E-state index contributed by atoms with van der Waals surface area (Å²) in [7, 11) is -2.98. The molecule has 1 fully saturated rings. The number of nitrogens with zero attached hydrogens (tertiary/aromatic N) is 2. The second kappa shape index (κ2) is 6.93. The molecule has 0 aliphatic heterocycles. The molecular formula is C15H24F3N3O2S. The molecule has 0 aromatic carbocycles. The lowest BCUT2D eigenvalue weighted by molar-refractivity contribution is -0.140.